The number of aromatic nitrogens is 5. The van der Waals surface area contributed by atoms with Gasteiger partial charge in [-0.15, -0.1) is 0 Å². The van der Waals surface area contributed by atoms with E-state index in [2.05, 4.69) is 15.2 Å². The summed E-state index contributed by atoms with van der Waals surface area (Å²) in [4.78, 5) is 16.0. The quantitative estimate of drug-likeness (QED) is 0.789. The fourth-order valence-electron chi connectivity index (χ4n) is 2.72. The summed E-state index contributed by atoms with van der Waals surface area (Å²) in [5, 5.41) is 17.5. The zero-order chi connectivity index (χ0) is 18.4. The van der Waals surface area contributed by atoms with Crippen molar-refractivity contribution in [3.05, 3.63) is 40.1 Å². The lowest BCUT2D eigenvalue weighted by molar-refractivity contribution is 0.236. The van der Waals surface area contributed by atoms with Gasteiger partial charge in [0.25, 0.3) is 5.56 Å². The van der Waals surface area contributed by atoms with Gasteiger partial charge >= 0.3 is 0 Å². The Hall–Kier alpha value is -2.95. The van der Waals surface area contributed by atoms with Gasteiger partial charge in [0.2, 0.25) is 0 Å². The van der Waals surface area contributed by atoms with Gasteiger partial charge in [-0.2, -0.15) is 20.0 Å². The minimum atomic E-state index is -0.783. The number of hydrogen-bond donors (Lipinski definition) is 1. The van der Waals surface area contributed by atoms with Gasteiger partial charge in [-0.25, -0.2) is 4.39 Å². The van der Waals surface area contributed by atoms with Crippen LogP contribution in [0.4, 0.5) is 4.39 Å². The zero-order valence-corrected chi connectivity index (χ0v) is 14.5. The van der Waals surface area contributed by atoms with Gasteiger partial charge in [-0.05, 0) is 19.8 Å². The monoisotopic (exact) mass is 342 g/mol. The maximum absolute atomic E-state index is 13.2. The van der Waals surface area contributed by atoms with Crippen molar-refractivity contribution < 1.29 is 4.39 Å². The molecule has 0 radical (unpaired) electrons. The number of aromatic amines is 1. The lowest BCUT2D eigenvalue weighted by Gasteiger charge is -2.21. The molecular formula is C17H19FN6O. The van der Waals surface area contributed by atoms with E-state index >= 15 is 0 Å². The number of alkyl halides is 1. The highest BCUT2D eigenvalue weighted by Crippen LogP contribution is 2.27. The Labute approximate surface area is 143 Å². The highest BCUT2D eigenvalue weighted by molar-refractivity contribution is 5.67. The molecule has 0 unspecified atom stereocenters. The van der Waals surface area contributed by atoms with E-state index in [1.54, 1.807) is 26.2 Å². The number of nitrogens with one attached hydrogen (secondary N) is 1. The fourth-order valence-corrected chi connectivity index (χ4v) is 2.72. The lowest BCUT2D eigenvalue weighted by atomic mass is 10.00. The maximum Gasteiger partial charge on any atom is 0.278 e. The minimum Gasteiger partial charge on any atom is -0.338 e. The van der Waals surface area contributed by atoms with Gasteiger partial charge in [0.15, 0.2) is 5.65 Å². The molecule has 3 heterocycles. The second-order valence-electron chi connectivity index (χ2n) is 6.92. The SMILES string of the molecule is CC(C)c1c(-c2cnn(C(C)(C)CF)c2)[nH]c2c(C#N)cnn2c1=O. The second-order valence-corrected chi connectivity index (χ2v) is 6.92. The van der Waals surface area contributed by atoms with Crippen LogP contribution in [0.15, 0.2) is 23.4 Å². The summed E-state index contributed by atoms with van der Waals surface area (Å²) in [7, 11) is 0. The van der Waals surface area contributed by atoms with E-state index in [1.165, 1.54) is 15.4 Å². The van der Waals surface area contributed by atoms with Crippen LogP contribution in [0.3, 0.4) is 0 Å². The molecule has 0 aliphatic carbocycles. The Balaban J connectivity index is 2.30. The number of halogens is 1. The first-order chi connectivity index (χ1) is 11.8. The number of fused-ring (bicyclic) bond motifs is 1. The molecule has 0 saturated carbocycles. The Morgan fingerprint density at radius 1 is 1.36 bits per heavy atom. The molecule has 1 N–H and O–H groups in total. The average Bonchev–Trinajstić information content (AvgIpc) is 3.21. The van der Waals surface area contributed by atoms with E-state index in [-0.39, 0.29) is 17.0 Å². The molecule has 3 aromatic rings. The van der Waals surface area contributed by atoms with Gasteiger partial charge in [-0.1, -0.05) is 13.8 Å². The Bertz CT molecular complexity index is 1030. The van der Waals surface area contributed by atoms with E-state index in [9.17, 15) is 14.4 Å². The molecular weight excluding hydrogens is 323 g/mol. The van der Waals surface area contributed by atoms with Crippen molar-refractivity contribution in [2.24, 2.45) is 0 Å². The summed E-state index contributed by atoms with van der Waals surface area (Å²) in [5.41, 5.74) is 1.33. The fraction of sp³-hybridized carbons (Fsp3) is 0.412. The Morgan fingerprint density at radius 2 is 2.08 bits per heavy atom. The largest absolute Gasteiger partial charge is 0.338 e. The van der Waals surface area contributed by atoms with Crippen molar-refractivity contribution in [2.45, 2.75) is 39.2 Å². The van der Waals surface area contributed by atoms with Crippen LogP contribution in [0.5, 0.6) is 0 Å². The van der Waals surface area contributed by atoms with E-state index < -0.39 is 12.2 Å². The van der Waals surface area contributed by atoms with Crippen LogP contribution in [0, 0.1) is 11.3 Å². The molecule has 25 heavy (non-hydrogen) atoms. The van der Waals surface area contributed by atoms with Gasteiger partial charge in [0.05, 0.1) is 23.6 Å². The first-order valence-corrected chi connectivity index (χ1v) is 7.95. The van der Waals surface area contributed by atoms with Crippen molar-refractivity contribution in [3.8, 4) is 17.3 Å². The van der Waals surface area contributed by atoms with Crippen LogP contribution >= 0.6 is 0 Å². The molecule has 130 valence electrons. The number of rotatable bonds is 4. The van der Waals surface area contributed by atoms with Crippen molar-refractivity contribution in [2.75, 3.05) is 6.67 Å². The molecule has 0 bridgehead atoms. The van der Waals surface area contributed by atoms with Crippen LogP contribution in [-0.2, 0) is 5.54 Å². The number of hydrogen-bond acceptors (Lipinski definition) is 4. The molecule has 0 spiro atoms. The molecule has 8 heteroatoms. The van der Waals surface area contributed by atoms with E-state index in [1.807, 2.05) is 19.9 Å². The van der Waals surface area contributed by atoms with Gasteiger partial charge < -0.3 is 4.98 Å². The highest BCUT2D eigenvalue weighted by Gasteiger charge is 2.24. The zero-order valence-electron chi connectivity index (χ0n) is 14.5. The van der Waals surface area contributed by atoms with Crippen LogP contribution in [0.1, 0.15) is 44.7 Å². The molecule has 3 rings (SSSR count). The van der Waals surface area contributed by atoms with Crippen LogP contribution in [0.2, 0.25) is 0 Å². The Kier molecular flexibility index (Phi) is 3.95. The van der Waals surface area contributed by atoms with Crippen LogP contribution in [-0.4, -0.2) is 31.1 Å². The average molecular weight is 342 g/mol. The normalized spacial score (nSPS) is 12.0. The van der Waals surface area contributed by atoms with Crippen molar-refractivity contribution >= 4 is 5.65 Å². The smallest absolute Gasteiger partial charge is 0.278 e. The lowest BCUT2D eigenvalue weighted by Crippen LogP contribution is -2.28. The molecule has 0 aliphatic heterocycles. The second kappa shape index (κ2) is 5.84. The van der Waals surface area contributed by atoms with Crippen molar-refractivity contribution in [1.82, 2.24) is 24.4 Å². The van der Waals surface area contributed by atoms with Gasteiger partial charge in [0.1, 0.15) is 18.3 Å². The highest BCUT2D eigenvalue weighted by atomic mass is 19.1. The number of nitrogens with zero attached hydrogens (tertiary/aromatic N) is 5. The molecule has 0 aliphatic rings. The molecule has 3 aromatic heterocycles. The topological polar surface area (TPSA) is 91.8 Å². The standard InChI is InChI=1S/C17H19FN6O/c1-10(2)13-14(12-7-20-23(8-12)17(3,4)9-18)22-15-11(5-19)6-21-24(15)16(13)25/h6-8,10,22H,9H2,1-4H3. The predicted octanol–water partition coefficient (Wildman–Crippen LogP) is 2.59. The number of H-pyrrole nitrogens is 1. The third-order valence-corrected chi connectivity index (χ3v) is 4.22. The first-order valence-electron chi connectivity index (χ1n) is 7.95. The predicted molar refractivity (Wildman–Crippen MR) is 91.1 cm³/mol. The summed E-state index contributed by atoms with van der Waals surface area (Å²) >= 11 is 0. The van der Waals surface area contributed by atoms with E-state index in [4.69, 9.17) is 0 Å². The molecule has 0 atom stereocenters. The van der Waals surface area contributed by atoms with Crippen LogP contribution in [0.25, 0.3) is 16.9 Å². The number of nitriles is 1. The summed E-state index contributed by atoms with van der Waals surface area (Å²) in [5.74, 6) is -0.0737. The van der Waals surface area contributed by atoms with Crippen LogP contribution < -0.4 is 5.56 Å². The molecule has 0 amide bonds. The molecule has 0 fully saturated rings. The third kappa shape index (κ3) is 2.61. The van der Waals surface area contributed by atoms with Crippen molar-refractivity contribution in [3.63, 3.8) is 0 Å². The molecule has 7 nitrogen and oxygen atoms in total. The Morgan fingerprint density at radius 3 is 2.68 bits per heavy atom. The first kappa shape index (κ1) is 16.9. The van der Waals surface area contributed by atoms with E-state index in [0.29, 0.717) is 22.5 Å². The molecule has 0 aromatic carbocycles. The van der Waals surface area contributed by atoms with Crippen molar-refractivity contribution in [1.29, 1.82) is 5.26 Å². The maximum atomic E-state index is 13.2. The third-order valence-electron chi connectivity index (χ3n) is 4.22. The van der Waals surface area contributed by atoms with E-state index in [0.717, 1.165) is 0 Å². The molecule has 0 saturated heterocycles. The summed E-state index contributed by atoms with van der Waals surface area (Å²) in [6.45, 7) is 6.73. The summed E-state index contributed by atoms with van der Waals surface area (Å²) in [6, 6.07) is 2.02. The minimum absolute atomic E-state index is 0.0737. The van der Waals surface area contributed by atoms with Gasteiger partial charge in [-0.3, -0.25) is 9.48 Å². The summed E-state index contributed by atoms with van der Waals surface area (Å²) in [6.07, 6.45) is 4.65. The van der Waals surface area contributed by atoms with Gasteiger partial charge in [0, 0.05) is 17.3 Å². The summed E-state index contributed by atoms with van der Waals surface area (Å²) < 4.78 is 16.0.